The van der Waals surface area contributed by atoms with Gasteiger partial charge in [-0.2, -0.15) is 0 Å². The van der Waals surface area contributed by atoms with Gasteiger partial charge in [0.05, 0.1) is 0 Å². The molecule has 0 aromatic heterocycles. The molecular formula is C12H22N2O3. The SMILES string of the molecule is CC(C)C1CCN(C(=O)N(C)C(C)C(=O)O)C1. The van der Waals surface area contributed by atoms with Crippen molar-refractivity contribution in [3.8, 4) is 0 Å². The van der Waals surface area contributed by atoms with E-state index in [2.05, 4.69) is 13.8 Å². The molecule has 0 aromatic carbocycles. The Balaban J connectivity index is 2.57. The van der Waals surface area contributed by atoms with E-state index in [0.29, 0.717) is 11.8 Å². The number of aliphatic carboxylic acids is 1. The Bertz CT molecular complexity index is 304. The lowest BCUT2D eigenvalue weighted by atomic mass is 9.95. The van der Waals surface area contributed by atoms with Crippen molar-refractivity contribution in [3.63, 3.8) is 0 Å². The van der Waals surface area contributed by atoms with Gasteiger partial charge in [-0.3, -0.25) is 0 Å². The molecule has 1 rings (SSSR count). The Hall–Kier alpha value is -1.26. The molecule has 5 nitrogen and oxygen atoms in total. The van der Waals surface area contributed by atoms with Crippen LogP contribution in [0.2, 0.25) is 0 Å². The summed E-state index contributed by atoms with van der Waals surface area (Å²) in [7, 11) is 1.55. The average molecular weight is 242 g/mol. The molecule has 1 N–H and O–H groups in total. The Morgan fingerprint density at radius 2 is 1.94 bits per heavy atom. The molecule has 17 heavy (non-hydrogen) atoms. The fraction of sp³-hybridized carbons (Fsp3) is 0.833. The van der Waals surface area contributed by atoms with E-state index in [-0.39, 0.29) is 6.03 Å². The highest BCUT2D eigenvalue weighted by atomic mass is 16.4. The summed E-state index contributed by atoms with van der Waals surface area (Å²) >= 11 is 0. The van der Waals surface area contributed by atoms with Gasteiger partial charge in [0.15, 0.2) is 0 Å². The lowest BCUT2D eigenvalue weighted by molar-refractivity contribution is -0.141. The number of carboxylic acids is 1. The van der Waals surface area contributed by atoms with Crippen molar-refractivity contribution in [2.75, 3.05) is 20.1 Å². The molecule has 0 aromatic rings. The predicted octanol–water partition coefficient (Wildman–Crippen LogP) is 1.49. The summed E-state index contributed by atoms with van der Waals surface area (Å²) in [6, 6.07) is -0.955. The number of urea groups is 1. The van der Waals surface area contributed by atoms with Crippen molar-refractivity contribution in [1.29, 1.82) is 0 Å². The van der Waals surface area contributed by atoms with E-state index < -0.39 is 12.0 Å². The quantitative estimate of drug-likeness (QED) is 0.815. The molecule has 1 heterocycles. The van der Waals surface area contributed by atoms with E-state index >= 15 is 0 Å². The normalized spacial score (nSPS) is 21.7. The molecule has 5 heteroatoms. The first-order valence-electron chi connectivity index (χ1n) is 6.09. The molecule has 1 fully saturated rings. The molecule has 2 atom stereocenters. The number of amides is 2. The highest BCUT2D eigenvalue weighted by molar-refractivity contribution is 5.82. The molecule has 0 radical (unpaired) electrons. The van der Waals surface area contributed by atoms with Crippen molar-refractivity contribution in [1.82, 2.24) is 9.80 Å². The van der Waals surface area contributed by atoms with Crippen molar-refractivity contribution in [3.05, 3.63) is 0 Å². The minimum atomic E-state index is -0.972. The summed E-state index contributed by atoms with van der Waals surface area (Å²) in [4.78, 5) is 25.9. The van der Waals surface area contributed by atoms with Crippen molar-refractivity contribution < 1.29 is 14.7 Å². The Morgan fingerprint density at radius 3 is 2.35 bits per heavy atom. The fourth-order valence-corrected chi connectivity index (χ4v) is 2.06. The predicted molar refractivity (Wildman–Crippen MR) is 64.8 cm³/mol. The maximum absolute atomic E-state index is 12.0. The maximum atomic E-state index is 12.0. The molecule has 0 saturated carbocycles. The standard InChI is InChI=1S/C12H22N2O3/c1-8(2)10-5-6-14(7-10)12(17)13(4)9(3)11(15)16/h8-10H,5-7H2,1-4H3,(H,15,16). The topological polar surface area (TPSA) is 60.9 Å². The Morgan fingerprint density at radius 1 is 1.35 bits per heavy atom. The summed E-state index contributed by atoms with van der Waals surface area (Å²) in [6.45, 7) is 7.31. The molecule has 2 unspecified atom stereocenters. The lowest BCUT2D eigenvalue weighted by Gasteiger charge is -2.27. The van der Waals surface area contributed by atoms with Gasteiger partial charge in [0.1, 0.15) is 6.04 Å². The van der Waals surface area contributed by atoms with Gasteiger partial charge in [0.25, 0.3) is 0 Å². The van der Waals surface area contributed by atoms with Crippen LogP contribution in [0.5, 0.6) is 0 Å². The largest absolute Gasteiger partial charge is 0.480 e. The molecular weight excluding hydrogens is 220 g/mol. The molecule has 0 aliphatic carbocycles. The first kappa shape index (κ1) is 13.8. The first-order chi connectivity index (χ1) is 7.84. The van der Waals surface area contributed by atoms with Crippen LogP contribution in [0.3, 0.4) is 0 Å². The minimum absolute atomic E-state index is 0.178. The van der Waals surface area contributed by atoms with Crippen LogP contribution in [0.25, 0.3) is 0 Å². The number of likely N-dealkylation sites (N-methyl/N-ethyl adjacent to an activating group) is 1. The van der Waals surface area contributed by atoms with Crippen LogP contribution in [0.15, 0.2) is 0 Å². The number of carbonyl (C=O) groups excluding carboxylic acids is 1. The zero-order chi connectivity index (χ0) is 13.2. The van der Waals surface area contributed by atoms with Gasteiger partial charge in [-0.15, -0.1) is 0 Å². The summed E-state index contributed by atoms with van der Waals surface area (Å²) in [6.07, 6.45) is 1.01. The van der Waals surface area contributed by atoms with E-state index in [1.165, 1.54) is 11.8 Å². The minimum Gasteiger partial charge on any atom is -0.480 e. The number of hydrogen-bond acceptors (Lipinski definition) is 2. The molecule has 2 amide bonds. The maximum Gasteiger partial charge on any atom is 0.326 e. The second-order valence-corrected chi connectivity index (χ2v) is 5.15. The van der Waals surface area contributed by atoms with E-state index in [9.17, 15) is 9.59 Å². The third kappa shape index (κ3) is 3.11. The van der Waals surface area contributed by atoms with Gasteiger partial charge in [-0.05, 0) is 25.2 Å². The Kier molecular flexibility index (Phi) is 4.37. The first-order valence-corrected chi connectivity index (χ1v) is 6.09. The van der Waals surface area contributed by atoms with Crippen LogP contribution in [0.1, 0.15) is 27.2 Å². The fourth-order valence-electron chi connectivity index (χ4n) is 2.06. The van der Waals surface area contributed by atoms with Crippen LogP contribution >= 0.6 is 0 Å². The highest BCUT2D eigenvalue weighted by Gasteiger charge is 2.32. The second kappa shape index (κ2) is 5.38. The summed E-state index contributed by atoms with van der Waals surface area (Å²) in [5, 5.41) is 8.87. The summed E-state index contributed by atoms with van der Waals surface area (Å²) in [5.41, 5.74) is 0. The second-order valence-electron chi connectivity index (χ2n) is 5.15. The van der Waals surface area contributed by atoms with Crippen LogP contribution < -0.4 is 0 Å². The number of hydrogen-bond donors (Lipinski definition) is 1. The van der Waals surface area contributed by atoms with E-state index in [0.717, 1.165) is 19.5 Å². The van der Waals surface area contributed by atoms with E-state index in [1.807, 2.05) is 0 Å². The molecule has 98 valence electrons. The van der Waals surface area contributed by atoms with Gasteiger partial charge in [0.2, 0.25) is 0 Å². The van der Waals surface area contributed by atoms with E-state index in [1.54, 1.807) is 11.9 Å². The van der Waals surface area contributed by atoms with Gasteiger partial charge in [0, 0.05) is 20.1 Å². The summed E-state index contributed by atoms with van der Waals surface area (Å²) in [5.74, 6) is 0.128. The zero-order valence-electron chi connectivity index (χ0n) is 11.0. The molecule has 1 aliphatic rings. The average Bonchev–Trinajstić information content (AvgIpc) is 2.75. The number of likely N-dealkylation sites (tertiary alicyclic amines) is 1. The third-order valence-electron chi connectivity index (χ3n) is 3.68. The highest BCUT2D eigenvalue weighted by Crippen LogP contribution is 2.24. The van der Waals surface area contributed by atoms with Crippen LogP contribution in [0.4, 0.5) is 4.79 Å². The van der Waals surface area contributed by atoms with Crippen molar-refractivity contribution in [2.45, 2.75) is 33.2 Å². The summed E-state index contributed by atoms with van der Waals surface area (Å²) < 4.78 is 0. The zero-order valence-corrected chi connectivity index (χ0v) is 11.0. The van der Waals surface area contributed by atoms with Gasteiger partial charge < -0.3 is 14.9 Å². The number of carboxylic acid groups (broad SMARTS) is 1. The Labute approximate surface area is 102 Å². The number of rotatable bonds is 3. The number of nitrogens with zero attached hydrogens (tertiary/aromatic N) is 2. The van der Waals surface area contributed by atoms with Gasteiger partial charge in [-0.25, -0.2) is 9.59 Å². The van der Waals surface area contributed by atoms with Gasteiger partial charge >= 0.3 is 12.0 Å². The molecule has 0 spiro atoms. The van der Waals surface area contributed by atoms with Crippen LogP contribution in [-0.2, 0) is 4.79 Å². The van der Waals surface area contributed by atoms with Gasteiger partial charge in [-0.1, -0.05) is 13.8 Å². The van der Waals surface area contributed by atoms with E-state index in [4.69, 9.17) is 5.11 Å². The molecule has 0 bridgehead atoms. The third-order valence-corrected chi connectivity index (χ3v) is 3.68. The monoisotopic (exact) mass is 242 g/mol. The van der Waals surface area contributed by atoms with Crippen LogP contribution in [-0.4, -0.2) is 53.1 Å². The lowest BCUT2D eigenvalue weighted by Crippen LogP contribution is -2.47. The van der Waals surface area contributed by atoms with Crippen molar-refractivity contribution in [2.24, 2.45) is 11.8 Å². The smallest absolute Gasteiger partial charge is 0.326 e. The number of carbonyl (C=O) groups is 2. The van der Waals surface area contributed by atoms with Crippen molar-refractivity contribution >= 4 is 12.0 Å². The molecule has 1 aliphatic heterocycles. The van der Waals surface area contributed by atoms with Crippen LogP contribution in [0, 0.1) is 11.8 Å². The molecule has 1 saturated heterocycles.